The van der Waals surface area contributed by atoms with Crippen LogP contribution in [0.4, 0.5) is 21.6 Å². The molecular weight excluding hydrogens is 565 g/mol. The Labute approximate surface area is 248 Å². The monoisotopic (exact) mass is 599 g/mol. The summed E-state index contributed by atoms with van der Waals surface area (Å²) in [4.78, 5) is 35.4. The third-order valence-electron chi connectivity index (χ3n) is 6.25. The number of aromatic nitrogens is 2. The molecule has 4 rings (SSSR count). The molecule has 2 aromatic carbocycles. The Morgan fingerprint density at radius 2 is 2.02 bits per heavy atom. The molecule has 0 radical (unpaired) electrons. The Morgan fingerprint density at radius 1 is 1.24 bits per heavy atom. The molecule has 1 heterocycles. The summed E-state index contributed by atoms with van der Waals surface area (Å²) in [6, 6.07) is 7.71. The van der Waals surface area contributed by atoms with Crippen LogP contribution in [0.5, 0.6) is 5.75 Å². The molecule has 3 aromatic rings. The van der Waals surface area contributed by atoms with Crippen LogP contribution in [-0.2, 0) is 14.3 Å². The minimum absolute atomic E-state index is 0.0251. The van der Waals surface area contributed by atoms with Gasteiger partial charge in [0.05, 0.1) is 41.6 Å². The number of esters is 1. The topological polar surface area (TPSA) is 126 Å². The molecule has 0 saturated heterocycles. The highest BCUT2D eigenvalue weighted by molar-refractivity contribution is 6.31. The van der Waals surface area contributed by atoms with Crippen molar-refractivity contribution in [1.82, 2.24) is 14.9 Å². The molecule has 0 unspecified atom stereocenters. The molecule has 0 bridgehead atoms. The number of ether oxygens (including phenoxy) is 2. The van der Waals surface area contributed by atoms with Crippen molar-refractivity contribution in [3.63, 3.8) is 0 Å². The predicted octanol–water partition coefficient (Wildman–Crippen LogP) is 5.09. The van der Waals surface area contributed by atoms with E-state index < -0.39 is 23.3 Å². The lowest BCUT2D eigenvalue weighted by atomic mass is 10.1. The summed E-state index contributed by atoms with van der Waals surface area (Å²) >= 11 is 5.94. The maximum Gasteiger partial charge on any atom is 0.320 e. The van der Waals surface area contributed by atoms with Crippen LogP contribution < -0.4 is 15.4 Å². The van der Waals surface area contributed by atoms with E-state index in [1.165, 1.54) is 24.5 Å². The van der Waals surface area contributed by atoms with Gasteiger partial charge in [-0.3, -0.25) is 14.5 Å². The van der Waals surface area contributed by atoms with E-state index in [-0.39, 0.29) is 31.3 Å². The van der Waals surface area contributed by atoms with Gasteiger partial charge in [-0.2, -0.15) is 0 Å². The standard InChI is InChI=1S/C30H35ClFN5O5/c1-4-41-28(39)15-37(17-30(2,3)40)11-5-6-27(38)36-25-13-21-24(14-26(25)42-16-19-7-8-19)33-18-34-29(21)35-20-9-10-23(32)22(31)12-20/h5-6,9-10,12-14,18-19,40H,4,7-8,11,15-17H2,1-3H3,(H,36,38)(H,33,34,35). The molecule has 0 atom stereocenters. The summed E-state index contributed by atoms with van der Waals surface area (Å²) in [5.74, 6) is 0.0233. The van der Waals surface area contributed by atoms with Gasteiger partial charge in [-0.15, -0.1) is 0 Å². The molecule has 1 fully saturated rings. The Balaban J connectivity index is 1.54. The lowest BCUT2D eigenvalue weighted by molar-refractivity contribution is -0.144. The smallest absolute Gasteiger partial charge is 0.320 e. The van der Waals surface area contributed by atoms with Crippen molar-refractivity contribution < 1.29 is 28.6 Å². The average Bonchev–Trinajstić information content (AvgIpc) is 3.74. The number of benzene rings is 2. The first-order valence-corrected chi connectivity index (χ1v) is 14.1. The number of aliphatic hydroxyl groups is 1. The zero-order valence-corrected chi connectivity index (χ0v) is 24.6. The van der Waals surface area contributed by atoms with Crippen molar-refractivity contribution in [2.75, 3.05) is 43.5 Å². The molecular formula is C30H35ClFN5O5. The highest BCUT2D eigenvalue weighted by Crippen LogP contribution is 2.36. The van der Waals surface area contributed by atoms with E-state index in [1.54, 1.807) is 49.9 Å². The summed E-state index contributed by atoms with van der Waals surface area (Å²) in [6.07, 6.45) is 6.57. The predicted molar refractivity (Wildman–Crippen MR) is 160 cm³/mol. The highest BCUT2D eigenvalue weighted by atomic mass is 35.5. The Morgan fingerprint density at radius 3 is 2.71 bits per heavy atom. The van der Waals surface area contributed by atoms with Crippen molar-refractivity contribution in [3.8, 4) is 5.75 Å². The molecule has 0 spiro atoms. The molecule has 3 N–H and O–H groups in total. The van der Waals surface area contributed by atoms with Crippen molar-refractivity contribution in [1.29, 1.82) is 0 Å². The van der Waals surface area contributed by atoms with Gasteiger partial charge in [0, 0.05) is 36.3 Å². The molecule has 10 nitrogen and oxygen atoms in total. The maximum absolute atomic E-state index is 13.7. The number of nitrogens with one attached hydrogen (secondary N) is 2. The number of anilines is 3. The summed E-state index contributed by atoms with van der Waals surface area (Å²) in [7, 11) is 0. The van der Waals surface area contributed by atoms with Crippen LogP contribution in [0.25, 0.3) is 10.9 Å². The highest BCUT2D eigenvalue weighted by Gasteiger charge is 2.23. The number of carbonyl (C=O) groups is 2. The summed E-state index contributed by atoms with van der Waals surface area (Å²) < 4.78 is 24.7. The van der Waals surface area contributed by atoms with Crippen molar-refractivity contribution in [3.05, 3.63) is 59.7 Å². The minimum atomic E-state index is -1.05. The Kier molecular flexibility index (Phi) is 10.3. The quantitative estimate of drug-likeness (QED) is 0.172. The van der Waals surface area contributed by atoms with Gasteiger partial charge in [-0.05, 0) is 63.8 Å². The van der Waals surface area contributed by atoms with Crippen LogP contribution in [0.15, 0.2) is 48.8 Å². The second-order valence-corrected chi connectivity index (χ2v) is 11.2. The minimum Gasteiger partial charge on any atom is -0.491 e. The Hall–Kier alpha value is -3.80. The van der Waals surface area contributed by atoms with E-state index in [0.717, 1.165) is 12.8 Å². The van der Waals surface area contributed by atoms with Crippen LogP contribution in [0.2, 0.25) is 5.02 Å². The normalized spacial score (nSPS) is 13.5. The van der Waals surface area contributed by atoms with Crippen LogP contribution in [0, 0.1) is 11.7 Å². The molecule has 1 aliphatic carbocycles. The van der Waals surface area contributed by atoms with Gasteiger partial charge < -0.3 is 25.2 Å². The van der Waals surface area contributed by atoms with E-state index in [9.17, 15) is 19.1 Å². The van der Waals surface area contributed by atoms with Gasteiger partial charge in [0.15, 0.2) is 0 Å². The number of fused-ring (bicyclic) bond motifs is 1. The first kappa shape index (κ1) is 31.1. The SMILES string of the molecule is CCOC(=O)CN(CC=CC(=O)Nc1cc2c(Nc3ccc(F)c(Cl)c3)ncnc2cc1OCC1CC1)CC(C)(C)O. The first-order valence-electron chi connectivity index (χ1n) is 13.7. The lowest BCUT2D eigenvalue weighted by Gasteiger charge is -2.27. The fourth-order valence-electron chi connectivity index (χ4n) is 4.21. The average molecular weight is 600 g/mol. The van der Waals surface area contributed by atoms with E-state index in [1.807, 2.05) is 0 Å². The number of hydrogen-bond acceptors (Lipinski definition) is 9. The molecule has 224 valence electrons. The molecule has 1 aliphatic rings. The fraction of sp³-hybridized carbons (Fsp3) is 0.400. The van der Waals surface area contributed by atoms with Crippen molar-refractivity contribution in [2.24, 2.45) is 5.92 Å². The molecule has 1 amide bonds. The first-order chi connectivity index (χ1) is 20.0. The van der Waals surface area contributed by atoms with Crippen LogP contribution >= 0.6 is 11.6 Å². The zero-order valence-electron chi connectivity index (χ0n) is 23.8. The lowest BCUT2D eigenvalue weighted by Crippen LogP contribution is -2.41. The van der Waals surface area contributed by atoms with Crippen LogP contribution in [0.3, 0.4) is 0 Å². The van der Waals surface area contributed by atoms with E-state index >= 15 is 0 Å². The fourth-order valence-corrected chi connectivity index (χ4v) is 4.39. The molecule has 1 saturated carbocycles. The molecule has 12 heteroatoms. The summed E-state index contributed by atoms with van der Waals surface area (Å²) in [5.41, 5.74) is 0.491. The molecule has 42 heavy (non-hydrogen) atoms. The largest absolute Gasteiger partial charge is 0.491 e. The van der Waals surface area contributed by atoms with Gasteiger partial charge in [0.2, 0.25) is 5.91 Å². The number of halogens is 2. The van der Waals surface area contributed by atoms with E-state index in [0.29, 0.717) is 46.4 Å². The number of carbonyl (C=O) groups excluding carboxylic acids is 2. The van der Waals surface area contributed by atoms with Gasteiger partial charge in [-0.25, -0.2) is 14.4 Å². The van der Waals surface area contributed by atoms with Crippen LogP contribution in [-0.4, -0.2) is 70.3 Å². The summed E-state index contributed by atoms with van der Waals surface area (Å²) in [5, 5.41) is 16.8. The van der Waals surface area contributed by atoms with Gasteiger partial charge in [0.1, 0.15) is 23.7 Å². The number of amides is 1. The number of rotatable bonds is 14. The third kappa shape index (κ3) is 9.37. The van der Waals surface area contributed by atoms with Crippen molar-refractivity contribution >= 4 is 51.6 Å². The van der Waals surface area contributed by atoms with Gasteiger partial charge in [-0.1, -0.05) is 17.7 Å². The maximum atomic E-state index is 13.7. The van der Waals surface area contributed by atoms with Gasteiger partial charge >= 0.3 is 5.97 Å². The van der Waals surface area contributed by atoms with E-state index in [4.69, 9.17) is 21.1 Å². The Bertz CT molecular complexity index is 1460. The molecule has 0 aliphatic heterocycles. The van der Waals surface area contributed by atoms with Crippen LogP contribution in [0.1, 0.15) is 33.6 Å². The van der Waals surface area contributed by atoms with Crippen molar-refractivity contribution in [2.45, 2.75) is 39.2 Å². The number of nitrogens with zero attached hydrogens (tertiary/aromatic N) is 3. The van der Waals surface area contributed by atoms with E-state index in [2.05, 4.69) is 20.6 Å². The summed E-state index contributed by atoms with van der Waals surface area (Å²) in [6.45, 7) is 6.20. The second kappa shape index (κ2) is 13.9. The zero-order chi connectivity index (χ0) is 30.3. The second-order valence-electron chi connectivity index (χ2n) is 10.8. The molecule has 1 aromatic heterocycles. The number of hydrogen-bond donors (Lipinski definition) is 3. The third-order valence-corrected chi connectivity index (χ3v) is 6.54. The van der Waals surface area contributed by atoms with Gasteiger partial charge in [0.25, 0.3) is 0 Å².